The minimum atomic E-state index is -0.809. The minimum Gasteiger partial charge on any atom is -0.263 e. The summed E-state index contributed by atoms with van der Waals surface area (Å²) in [4.78, 5) is 0. The standard InChI is InChI=1S/C9H27Si5.K/c1-10-11(2,3)13(6,7)14(8,9)12(10,4)5;/h1-9H3;/q-1;+1. The van der Waals surface area contributed by atoms with Gasteiger partial charge in [-0.2, -0.15) is 6.55 Å². The van der Waals surface area contributed by atoms with E-state index in [1.165, 1.54) is 0 Å². The van der Waals surface area contributed by atoms with E-state index in [2.05, 4.69) is 58.9 Å². The number of rotatable bonds is 0. The molecule has 1 fully saturated rings. The van der Waals surface area contributed by atoms with E-state index < -0.39 is 28.4 Å². The van der Waals surface area contributed by atoms with Gasteiger partial charge >= 0.3 is 51.4 Å². The zero-order valence-electron chi connectivity index (χ0n) is 12.5. The monoisotopic (exact) mass is 314 g/mol. The van der Waals surface area contributed by atoms with Gasteiger partial charge < -0.3 is 0 Å². The molecule has 0 unspecified atom stereocenters. The normalized spacial score (nSPS) is 31.0. The smallest absolute Gasteiger partial charge is 0.263 e. The van der Waals surface area contributed by atoms with E-state index in [1.54, 1.807) is 0 Å². The van der Waals surface area contributed by atoms with Gasteiger partial charge in [0.15, 0.2) is 0 Å². The molecule has 0 N–H and O–H groups in total. The van der Waals surface area contributed by atoms with E-state index in [4.69, 9.17) is 0 Å². The van der Waals surface area contributed by atoms with Gasteiger partial charge in [0.25, 0.3) is 0 Å². The van der Waals surface area contributed by atoms with E-state index >= 15 is 0 Å². The van der Waals surface area contributed by atoms with Crippen molar-refractivity contribution in [2.45, 2.75) is 58.9 Å². The molecule has 0 aliphatic carbocycles. The molecule has 1 heterocycles. The number of hydrogen-bond donors (Lipinski definition) is 0. The summed E-state index contributed by atoms with van der Waals surface area (Å²) in [6.45, 7) is 24.8. The Morgan fingerprint density at radius 2 is 0.800 bits per heavy atom. The third-order valence-electron chi connectivity index (χ3n) is 6.56. The van der Waals surface area contributed by atoms with E-state index in [-0.39, 0.29) is 59.2 Å². The fourth-order valence-corrected chi connectivity index (χ4v) is 183. The average molecular weight is 315 g/mol. The molecule has 84 valence electrons. The van der Waals surface area contributed by atoms with E-state index in [9.17, 15) is 0 Å². The Morgan fingerprint density at radius 3 is 0.867 bits per heavy atom. The van der Waals surface area contributed by atoms with Gasteiger partial charge in [-0.25, -0.2) is 0 Å². The predicted molar refractivity (Wildman–Crippen MR) is 81.5 cm³/mol. The van der Waals surface area contributed by atoms with Crippen molar-refractivity contribution >= 4 is 36.3 Å². The van der Waals surface area contributed by atoms with Gasteiger partial charge in [-0.1, -0.05) is 52.4 Å². The van der Waals surface area contributed by atoms with Gasteiger partial charge in [0.2, 0.25) is 0 Å². The third kappa shape index (κ3) is 2.08. The van der Waals surface area contributed by atoms with Crippen LogP contribution < -0.4 is 51.4 Å². The SMILES string of the molecule is C[Si-]1[Si](C)(C)[Si](C)(C)[Si](C)(C)[Si]1(C)C.[K+]. The van der Waals surface area contributed by atoms with E-state index in [1.807, 2.05) is 0 Å². The van der Waals surface area contributed by atoms with Crippen LogP contribution in [-0.2, 0) is 0 Å². The molecule has 0 nitrogen and oxygen atoms in total. The zero-order valence-corrected chi connectivity index (χ0v) is 20.6. The molecular weight excluding hydrogens is 288 g/mol. The summed E-state index contributed by atoms with van der Waals surface area (Å²) in [5.41, 5.74) is 0. The first-order valence-electron chi connectivity index (χ1n) is 5.75. The molecule has 1 saturated heterocycles. The number of hydrogen-bond acceptors (Lipinski definition) is 0. The van der Waals surface area contributed by atoms with Crippen molar-refractivity contribution in [1.29, 1.82) is 0 Å². The van der Waals surface area contributed by atoms with Crippen molar-refractivity contribution in [3.63, 3.8) is 0 Å². The summed E-state index contributed by atoms with van der Waals surface area (Å²) >= 11 is 0. The van der Waals surface area contributed by atoms with Gasteiger partial charge in [-0.15, -0.1) is 14.2 Å². The van der Waals surface area contributed by atoms with Crippen molar-refractivity contribution in [3.8, 4) is 0 Å². The maximum Gasteiger partial charge on any atom is 1.00 e. The summed E-state index contributed by atoms with van der Waals surface area (Å²) in [5.74, 6) is 0. The second kappa shape index (κ2) is 4.68. The summed E-state index contributed by atoms with van der Waals surface area (Å²) in [6.07, 6.45) is 0. The first-order valence-corrected chi connectivity index (χ1v) is 24.8. The fraction of sp³-hybridized carbons (Fsp3) is 1.00. The van der Waals surface area contributed by atoms with Crippen molar-refractivity contribution < 1.29 is 51.4 Å². The van der Waals surface area contributed by atoms with Gasteiger partial charge in [0.05, 0.1) is 0 Å². The van der Waals surface area contributed by atoms with Crippen molar-refractivity contribution in [2.75, 3.05) is 0 Å². The molecule has 0 bridgehead atoms. The van der Waals surface area contributed by atoms with Gasteiger partial charge in [0, 0.05) is 0 Å². The molecule has 0 saturated carbocycles. The molecule has 0 aromatic rings. The quantitative estimate of drug-likeness (QED) is 0.566. The van der Waals surface area contributed by atoms with Crippen LogP contribution >= 0.6 is 0 Å². The first kappa shape index (κ1) is 17.7. The summed E-state index contributed by atoms with van der Waals surface area (Å²) in [5, 5.41) is 0. The maximum atomic E-state index is 2.77. The molecule has 1 aliphatic rings. The molecule has 0 aromatic heterocycles. The molecule has 1 aliphatic heterocycles. The molecule has 6 heteroatoms. The maximum absolute atomic E-state index is 2.77. The van der Waals surface area contributed by atoms with Crippen LogP contribution in [-0.4, -0.2) is 36.3 Å². The van der Waals surface area contributed by atoms with Crippen molar-refractivity contribution in [1.82, 2.24) is 0 Å². The molecule has 0 atom stereocenters. The second-order valence-electron chi connectivity index (χ2n) is 7.12. The fourth-order valence-electron chi connectivity index (χ4n) is 3.28. The average Bonchev–Trinajstić information content (AvgIpc) is 2.05. The summed E-state index contributed by atoms with van der Waals surface area (Å²) in [6, 6.07) is 0. The van der Waals surface area contributed by atoms with Crippen LogP contribution in [0.3, 0.4) is 0 Å². The molecule has 1 rings (SSSR count). The van der Waals surface area contributed by atoms with Gasteiger partial charge in [0.1, 0.15) is 0 Å². The molecule has 0 spiro atoms. The Hall–Kier alpha value is 2.72. The second-order valence-corrected chi connectivity index (χ2v) is 63.4. The van der Waals surface area contributed by atoms with E-state index in [0.717, 1.165) is 0 Å². The van der Waals surface area contributed by atoms with Gasteiger partial charge in [-0.05, 0) is 14.2 Å². The molecular formula is C9H27KSi5. The van der Waals surface area contributed by atoms with Crippen LogP contribution in [0.5, 0.6) is 0 Å². The van der Waals surface area contributed by atoms with E-state index in [0.29, 0.717) is 0 Å². The largest absolute Gasteiger partial charge is 1.00 e. The Morgan fingerprint density at radius 1 is 0.600 bits per heavy atom. The van der Waals surface area contributed by atoms with Crippen LogP contribution in [0.15, 0.2) is 0 Å². The van der Waals surface area contributed by atoms with Crippen LogP contribution in [0.25, 0.3) is 0 Å². The molecule has 0 radical (unpaired) electrons. The van der Waals surface area contributed by atoms with Gasteiger partial charge in [-0.3, -0.25) is 7.83 Å². The Balaban J connectivity index is 0.00000196. The Labute approximate surface area is 144 Å². The van der Waals surface area contributed by atoms with Crippen LogP contribution in [0.2, 0.25) is 58.9 Å². The van der Waals surface area contributed by atoms with Crippen molar-refractivity contribution in [3.05, 3.63) is 0 Å². The summed E-state index contributed by atoms with van der Waals surface area (Å²) in [7, 11) is -3.10. The van der Waals surface area contributed by atoms with Crippen LogP contribution in [0.4, 0.5) is 0 Å². The first-order chi connectivity index (χ1) is 5.90. The molecule has 0 amide bonds. The summed E-state index contributed by atoms with van der Waals surface area (Å²) < 4.78 is 0. The Bertz CT molecular complexity index is 233. The van der Waals surface area contributed by atoms with Crippen molar-refractivity contribution in [2.24, 2.45) is 0 Å². The topological polar surface area (TPSA) is 0 Å². The molecule has 15 heavy (non-hydrogen) atoms. The van der Waals surface area contributed by atoms with Crippen LogP contribution in [0.1, 0.15) is 0 Å². The van der Waals surface area contributed by atoms with Crippen LogP contribution in [0, 0.1) is 0 Å². The minimum absolute atomic E-state index is 0. The zero-order chi connectivity index (χ0) is 11.6. The Kier molecular flexibility index (Phi) is 5.53. The molecule has 0 aromatic carbocycles. The predicted octanol–water partition coefficient (Wildman–Crippen LogP) is 0.354. The third-order valence-corrected chi connectivity index (χ3v) is 122.